The number of furan rings is 1. The van der Waals surface area contributed by atoms with Gasteiger partial charge in [-0.15, -0.1) is 0 Å². The quantitative estimate of drug-likeness (QED) is 0.197. The Morgan fingerprint density at radius 1 is 0.510 bits per heavy atom. The number of nitrogens with zero attached hydrogens (tertiary/aromatic N) is 3. The van der Waals surface area contributed by atoms with Gasteiger partial charge in [-0.2, -0.15) is 0 Å². The Morgan fingerprint density at radius 2 is 1.14 bits per heavy atom. The van der Waals surface area contributed by atoms with Gasteiger partial charge in [-0.3, -0.25) is 0 Å². The second-order valence-electron chi connectivity index (χ2n) is 12.4. The summed E-state index contributed by atoms with van der Waals surface area (Å²) in [5.74, 6) is 2.73. The third-order valence-electron chi connectivity index (χ3n) is 9.61. The van der Waals surface area contributed by atoms with Crippen LogP contribution in [0.15, 0.2) is 156 Å². The van der Waals surface area contributed by atoms with Gasteiger partial charge in [0.05, 0.1) is 0 Å². The van der Waals surface area contributed by atoms with E-state index in [0.717, 1.165) is 39.0 Å². The molecule has 2 aromatic heterocycles. The summed E-state index contributed by atoms with van der Waals surface area (Å²) in [7, 11) is 0. The lowest BCUT2D eigenvalue weighted by molar-refractivity contribution is 0.497. The molecule has 0 spiro atoms. The SMILES string of the molecule is C1=Cc2c(oc3cccc(-c4nc(-c5ccccc5)nc(-c5ccccc5)n4)c23)C(c2cc3c4ccccc4ccc3c3ccccc23)N1. The zero-order chi connectivity index (χ0) is 32.3. The van der Waals surface area contributed by atoms with Gasteiger partial charge in [0.15, 0.2) is 17.5 Å². The fourth-order valence-corrected chi connectivity index (χ4v) is 7.35. The van der Waals surface area contributed by atoms with Crippen LogP contribution >= 0.6 is 0 Å². The fraction of sp³-hybridized carbons (Fsp3) is 0.0227. The van der Waals surface area contributed by atoms with Gasteiger partial charge in [0, 0.05) is 27.6 Å². The minimum atomic E-state index is -0.202. The summed E-state index contributed by atoms with van der Waals surface area (Å²) < 4.78 is 6.81. The van der Waals surface area contributed by atoms with Crippen molar-refractivity contribution in [3.05, 3.63) is 169 Å². The predicted molar refractivity (Wildman–Crippen MR) is 199 cm³/mol. The molecule has 0 saturated carbocycles. The van der Waals surface area contributed by atoms with E-state index >= 15 is 0 Å². The fourth-order valence-electron chi connectivity index (χ4n) is 7.35. The predicted octanol–water partition coefficient (Wildman–Crippen LogP) is 10.7. The van der Waals surface area contributed by atoms with Crippen LogP contribution in [-0.4, -0.2) is 15.0 Å². The monoisotopic (exact) mass is 628 g/mol. The number of hydrogen-bond donors (Lipinski definition) is 1. The number of fused-ring (bicyclic) bond motifs is 8. The topological polar surface area (TPSA) is 63.8 Å². The molecule has 0 saturated heterocycles. The summed E-state index contributed by atoms with van der Waals surface area (Å²) in [5, 5.41) is 12.0. The largest absolute Gasteiger partial charge is 0.458 e. The minimum absolute atomic E-state index is 0.202. The third-order valence-corrected chi connectivity index (χ3v) is 9.61. The lowest BCUT2D eigenvalue weighted by atomic mass is 9.88. The van der Waals surface area contributed by atoms with Crippen molar-refractivity contribution in [2.24, 2.45) is 0 Å². The zero-order valence-electron chi connectivity index (χ0n) is 26.3. The highest BCUT2D eigenvalue weighted by atomic mass is 16.3. The first-order valence-corrected chi connectivity index (χ1v) is 16.5. The Kier molecular flexibility index (Phi) is 6.18. The van der Waals surface area contributed by atoms with Gasteiger partial charge in [0.2, 0.25) is 0 Å². The van der Waals surface area contributed by atoms with Crippen molar-refractivity contribution in [1.82, 2.24) is 20.3 Å². The van der Waals surface area contributed by atoms with E-state index in [4.69, 9.17) is 19.4 Å². The normalized spacial score (nSPS) is 14.0. The van der Waals surface area contributed by atoms with Crippen molar-refractivity contribution in [3.63, 3.8) is 0 Å². The minimum Gasteiger partial charge on any atom is -0.458 e. The Morgan fingerprint density at radius 3 is 1.90 bits per heavy atom. The maximum absolute atomic E-state index is 6.81. The summed E-state index contributed by atoms with van der Waals surface area (Å²) in [5.41, 5.74) is 5.76. The smallest absolute Gasteiger partial charge is 0.164 e. The molecule has 5 nitrogen and oxygen atoms in total. The summed E-state index contributed by atoms with van der Waals surface area (Å²) in [6, 6.07) is 50.2. The maximum Gasteiger partial charge on any atom is 0.164 e. The van der Waals surface area contributed by atoms with Gasteiger partial charge in [-0.05, 0) is 62.3 Å². The molecule has 9 aromatic rings. The molecule has 3 heterocycles. The third kappa shape index (κ3) is 4.44. The van der Waals surface area contributed by atoms with Crippen LogP contribution in [0.2, 0.25) is 0 Å². The van der Waals surface area contributed by atoms with E-state index in [2.05, 4.69) is 84.2 Å². The molecular weight excluding hydrogens is 601 g/mol. The van der Waals surface area contributed by atoms with Gasteiger partial charge < -0.3 is 9.73 Å². The Labute approximate surface area is 282 Å². The molecule has 5 heteroatoms. The Hall–Kier alpha value is -6.59. The van der Waals surface area contributed by atoms with Gasteiger partial charge in [0.25, 0.3) is 0 Å². The van der Waals surface area contributed by atoms with Crippen molar-refractivity contribution in [2.45, 2.75) is 6.04 Å². The van der Waals surface area contributed by atoms with Crippen LogP contribution in [0.3, 0.4) is 0 Å². The molecular formula is C44H28N4O. The van der Waals surface area contributed by atoms with E-state index in [1.165, 1.54) is 37.9 Å². The Bertz CT molecular complexity index is 2690. The lowest BCUT2D eigenvalue weighted by Gasteiger charge is -2.23. The van der Waals surface area contributed by atoms with Crippen molar-refractivity contribution in [2.75, 3.05) is 0 Å². The van der Waals surface area contributed by atoms with Crippen molar-refractivity contribution >= 4 is 49.4 Å². The van der Waals surface area contributed by atoms with E-state index in [-0.39, 0.29) is 6.04 Å². The highest BCUT2D eigenvalue weighted by molar-refractivity contribution is 6.18. The molecule has 0 radical (unpaired) electrons. The molecule has 230 valence electrons. The summed E-state index contributed by atoms with van der Waals surface area (Å²) in [4.78, 5) is 15.0. The molecule has 1 atom stereocenters. The molecule has 1 aliphatic rings. The first kappa shape index (κ1) is 27.5. The highest BCUT2D eigenvalue weighted by Gasteiger charge is 2.29. The number of rotatable bonds is 4. The van der Waals surface area contributed by atoms with E-state index in [1.807, 2.05) is 79.0 Å². The van der Waals surface area contributed by atoms with Crippen LogP contribution in [0.4, 0.5) is 0 Å². The molecule has 1 unspecified atom stereocenters. The highest BCUT2D eigenvalue weighted by Crippen LogP contribution is 2.44. The van der Waals surface area contributed by atoms with Crippen LogP contribution in [0.5, 0.6) is 0 Å². The van der Waals surface area contributed by atoms with Gasteiger partial charge in [-0.25, -0.2) is 15.0 Å². The van der Waals surface area contributed by atoms with Gasteiger partial charge >= 0.3 is 0 Å². The first-order chi connectivity index (χ1) is 24.3. The van der Waals surface area contributed by atoms with Crippen molar-refractivity contribution in [3.8, 4) is 34.2 Å². The molecule has 0 bridgehead atoms. The molecule has 10 rings (SSSR count). The van der Waals surface area contributed by atoms with Crippen LogP contribution in [0.25, 0.3) is 83.5 Å². The van der Waals surface area contributed by atoms with Crippen LogP contribution in [0.1, 0.15) is 22.9 Å². The van der Waals surface area contributed by atoms with E-state index in [0.29, 0.717) is 17.5 Å². The van der Waals surface area contributed by atoms with Gasteiger partial charge in [0.1, 0.15) is 17.4 Å². The summed E-state index contributed by atoms with van der Waals surface area (Å²) in [6.45, 7) is 0. The van der Waals surface area contributed by atoms with Crippen molar-refractivity contribution < 1.29 is 4.42 Å². The molecule has 49 heavy (non-hydrogen) atoms. The molecule has 1 aliphatic heterocycles. The zero-order valence-corrected chi connectivity index (χ0v) is 26.3. The number of hydrogen-bond acceptors (Lipinski definition) is 5. The first-order valence-electron chi connectivity index (χ1n) is 16.5. The standard InChI is InChI=1S/C44H28N4O/c1-3-13-28(14-4-1)42-46-43(29-15-5-2-6-16-29)48-44(47-42)35-20-11-21-38-39(35)34-24-25-45-40(41(34)49-38)37-26-36-30-17-8-7-12-27(30)22-23-33(36)31-18-9-10-19-32(31)37/h1-26,40,45H. The second kappa shape index (κ2) is 11.0. The van der Waals surface area contributed by atoms with E-state index in [1.54, 1.807) is 0 Å². The van der Waals surface area contributed by atoms with Crippen LogP contribution < -0.4 is 5.32 Å². The maximum atomic E-state index is 6.81. The van der Waals surface area contributed by atoms with Crippen LogP contribution in [0, 0.1) is 0 Å². The second-order valence-corrected chi connectivity index (χ2v) is 12.4. The summed E-state index contributed by atoms with van der Waals surface area (Å²) in [6.07, 6.45) is 4.15. The van der Waals surface area contributed by atoms with Crippen molar-refractivity contribution in [1.29, 1.82) is 0 Å². The molecule has 0 aliphatic carbocycles. The van der Waals surface area contributed by atoms with E-state index < -0.39 is 0 Å². The molecule has 1 N–H and O–H groups in total. The van der Waals surface area contributed by atoms with Gasteiger partial charge in [-0.1, -0.05) is 133 Å². The Balaban J connectivity index is 1.20. The molecule has 0 fully saturated rings. The average Bonchev–Trinajstić information content (AvgIpc) is 3.57. The number of aromatic nitrogens is 3. The molecule has 7 aromatic carbocycles. The average molecular weight is 629 g/mol. The number of nitrogens with one attached hydrogen (secondary N) is 1. The number of benzene rings is 7. The molecule has 0 amide bonds. The lowest BCUT2D eigenvalue weighted by Crippen LogP contribution is -2.20. The van der Waals surface area contributed by atoms with Crippen LogP contribution in [-0.2, 0) is 0 Å². The summed E-state index contributed by atoms with van der Waals surface area (Å²) >= 11 is 0. The van der Waals surface area contributed by atoms with E-state index in [9.17, 15) is 0 Å².